The van der Waals surface area contributed by atoms with Gasteiger partial charge in [-0.25, -0.2) is 4.39 Å². The third-order valence-electron chi connectivity index (χ3n) is 4.47. The van der Waals surface area contributed by atoms with Gasteiger partial charge in [0, 0.05) is 32.6 Å². The second-order valence-electron chi connectivity index (χ2n) is 6.66. The number of hydrogen-bond acceptors (Lipinski definition) is 4. The number of hydrogen-bond donors (Lipinski definition) is 2. The van der Waals surface area contributed by atoms with Crippen LogP contribution < -0.4 is 10.6 Å². The largest absolute Gasteiger partial charge is 0.374 e. The van der Waals surface area contributed by atoms with Gasteiger partial charge < -0.3 is 15.4 Å². The van der Waals surface area contributed by atoms with Gasteiger partial charge in [0.1, 0.15) is 11.9 Å². The monoisotopic (exact) mass is 349 g/mol. The molecule has 1 heterocycles. The summed E-state index contributed by atoms with van der Waals surface area (Å²) in [7, 11) is 0. The van der Waals surface area contributed by atoms with Gasteiger partial charge in [-0.2, -0.15) is 0 Å². The van der Waals surface area contributed by atoms with Crippen molar-refractivity contribution in [1.29, 1.82) is 0 Å². The highest BCUT2D eigenvalue weighted by atomic mass is 19.1. The third kappa shape index (κ3) is 4.99. The van der Waals surface area contributed by atoms with E-state index in [0.29, 0.717) is 26.2 Å². The number of halogens is 1. The topological polar surface area (TPSA) is 70.7 Å². The fourth-order valence-electron chi connectivity index (χ4n) is 3.04. The zero-order valence-corrected chi connectivity index (χ0v) is 14.3. The zero-order valence-electron chi connectivity index (χ0n) is 14.3. The molecule has 3 rings (SSSR count). The van der Waals surface area contributed by atoms with Gasteiger partial charge in [-0.05, 0) is 30.5 Å². The molecule has 6 nitrogen and oxygen atoms in total. The van der Waals surface area contributed by atoms with Gasteiger partial charge in [-0.15, -0.1) is 0 Å². The predicted octanol–water partition coefficient (Wildman–Crippen LogP) is 0.982. The fraction of sp³-hybridized carbons (Fsp3) is 0.556. The molecular formula is C18H24FN3O3. The van der Waals surface area contributed by atoms with Crippen LogP contribution >= 0.6 is 0 Å². The van der Waals surface area contributed by atoms with Crippen molar-refractivity contribution in [1.82, 2.24) is 15.5 Å². The Hall–Kier alpha value is -1.99. The van der Waals surface area contributed by atoms with Crippen LogP contribution in [-0.2, 0) is 14.3 Å². The maximum Gasteiger partial charge on any atom is 0.242 e. The number of nitrogens with zero attached hydrogens (tertiary/aromatic N) is 1. The Morgan fingerprint density at radius 2 is 2.04 bits per heavy atom. The molecule has 0 aromatic heterocycles. The van der Waals surface area contributed by atoms with Gasteiger partial charge in [-0.1, -0.05) is 12.1 Å². The summed E-state index contributed by atoms with van der Waals surface area (Å²) < 4.78 is 19.0. The van der Waals surface area contributed by atoms with Crippen molar-refractivity contribution in [2.75, 3.05) is 26.2 Å². The molecule has 2 N–H and O–H groups in total. The quantitative estimate of drug-likeness (QED) is 0.803. The first-order valence-corrected chi connectivity index (χ1v) is 8.69. The SMILES string of the molecule is CC(=O)NCC1CN(C(C(=O)NC2CC2)c2ccc(F)cc2)CCO1. The van der Waals surface area contributed by atoms with E-state index in [2.05, 4.69) is 10.6 Å². The summed E-state index contributed by atoms with van der Waals surface area (Å²) >= 11 is 0. The summed E-state index contributed by atoms with van der Waals surface area (Å²) in [6.45, 7) is 3.49. The average molecular weight is 349 g/mol. The standard InChI is InChI=1S/C18H24FN3O3/c1-12(23)20-10-16-11-22(8-9-25-16)17(18(24)21-15-6-7-15)13-2-4-14(19)5-3-13/h2-5,15-17H,6-11H2,1H3,(H,20,23)(H,21,24). The minimum Gasteiger partial charge on any atom is -0.374 e. The molecular weight excluding hydrogens is 325 g/mol. The number of ether oxygens (including phenoxy) is 1. The number of morpholine rings is 1. The Kier molecular flexibility index (Phi) is 5.65. The van der Waals surface area contributed by atoms with E-state index in [1.165, 1.54) is 19.1 Å². The van der Waals surface area contributed by atoms with Gasteiger partial charge in [0.2, 0.25) is 11.8 Å². The number of rotatable bonds is 6. The number of nitrogens with one attached hydrogen (secondary N) is 2. The van der Waals surface area contributed by atoms with Crippen LogP contribution in [0.4, 0.5) is 4.39 Å². The van der Waals surface area contributed by atoms with E-state index in [9.17, 15) is 14.0 Å². The van der Waals surface area contributed by atoms with Gasteiger partial charge in [0.25, 0.3) is 0 Å². The Balaban J connectivity index is 1.74. The molecule has 0 spiro atoms. The second kappa shape index (κ2) is 7.93. The summed E-state index contributed by atoms with van der Waals surface area (Å²) in [5.41, 5.74) is 0.764. The van der Waals surface area contributed by atoms with Crippen molar-refractivity contribution in [3.8, 4) is 0 Å². The molecule has 1 aromatic carbocycles. The predicted molar refractivity (Wildman–Crippen MR) is 90.3 cm³/mol. The van der Waals surface area contributed by atoms with Crippen LogP contribution in [0.1, 0.15) is 31.4 Å². The lowest BCUT2D eigenvalue weighted by Crippen LogP contribution is -2.51. The van der Waals surface area contributed by atoms with Crippen LogP contribution in [0.25, 0.3) is 0 Å². The first-order valence-electron chi connectivity index (χ1n) is 8.69. The highest BCUT2D eigenvalue weighted by molar-refractivity contribution is 5.83. The third-order valence-corrected chi connectivity index (χ3v) is 4.47. The molecule has 1 saturated carbocycles. The lowest BCUT2D eigenvalue weighted by molar-refractivity contribution is -0.131. The Morgan fingerprint density at radius 3 is 2.68 bits per heavy atom. The van der Waals surface area contributed by atoms with Crippen molar-refractivity contribution in [2.45, 2.75) is 38.0 Å². The Morgan fingerprint density at radius 1 is 1.32 bits per heavy atom. The summed E-state index contributed by atoms with van der Waals surface area (Å²) in [5, 5.41) is 5.80. The zero-order chi connectivity index (χ0) is 17.8. The molecule has 2 atom stereocenters. The second-order valence-corrected chi connectivity index (χ2v) is 6.66. The fourth-order valence-corrected chi connectivity index (χ4v) is 3.04. The molecule has 2 aliphatic rings. The molecule has 2 fully saturated rings. The number of carbonyl (C=O) groups is 2. The van der Waals surface area contributed by atoms with Crippen LogP contribution in [0.2, 0.25) is 0 Å². The molecule has 7 heteroatoms. The van der Waals surface area contributed by atoms with Gasteiger partial charge in [0.15, 0.2) is 0 Å². The summed E-state index contributed by atoms with van der Waals surface area (Å²) in [5.74, 6) is -0.493. The summed E-state index contributed by atoms with van der Waals surface area (Å²) in [6, 6.07) is 5.84. The van der Waals surface area contributed by atoms with E-state index in [1.54, 1.807) is 12.1 Å². The number of benzene rings is 1. The molecule has 0 radical (unpaired) electrons. The van der Waals surface area contributed by atoms with Gasteiger partial charge in [-0.3, -0.25) is 14.5 Å². The number of carbonyl (C=O) groups excluding carboxylic acids is 2. The molecule has 1 saturated heterocycles. The lowest BCUT2D eigenvalue weighted by Gasteiger charge is -2.37. The minimum absolute atomic E-state index is 0.0608. The number of amides is 2. The molecule has 2 amide bonds. The van der Waals surface area contributed by atoms with E-state index in [0.717, 1.165) is 18.4 Å². The van der Waals surface area contributed by atoms with E-state index >= 15 is 0 Å². The molecule has 1 aliphatic heterocycles. The maximum atomic E-state index is 13.3. The molecule has 25 heavy (non-hydrogen) atoms. The van der Waals surface area contributed by atoms with Crippen LogP contribution in [0.3, 0.4) is 0 Å². The summed E-state index contributed by atoms with van der Waals surface area (Å²) in [4.78, 5) is 25.9. The summed E-state index contributed by atoms with van der Waals surface area (Å²) in [6.07, 6.45) is 1.85. The minimum atomic E-state index is -0.482. The molecule has 0 bridgehead atoms. The molecule has 1 aromatic rings. The first kappa shape index (κ1) is 17.8. The van der Waals surface area contributed by atoms with Crippen molar-refractivity contribution >= 4 is 11.8 Å². The van der Waals surface area contributed by atoms with Crippen molar-refractivity contribution in [2.24, 2.45) is 0 Å². The average Bonchev–Trinajstić information content (AvgIpc) is 3.39. The van der Waals surface area contributed by atoms with Crippen LogP contribution in [0, 0.1) is 5.82 Å². The van der Waals surface area contributed by atoms with Crippen LogP contribution in [0.5, 0.6) is 0 Å². The van der Waals surface area contributed by atoms with Crippen molar-refractivity contribution < 1.29 is 18.7 Å². The van der Waals surface area contributed by atoms with Crippen molar-refractivity contribution in [3.63, 3.8) is 0 Å². The molecule has 2 unspecified atom stereocenters. The van der Waals surface area contributed by atoms with Gasteiger partial charge >= 0.3 is 0 Å². The van der Waals surface area contributed by atoms with Crippen molar-refractivity contribution in [3.05, 3.63) is 35.6 Å². The van der Waals surface area contributed by atoms with E-state index < -0.39 is 6.04 Å². The normalized spacial score (nSPS) is 22.2. The lowest BCUT2D eigenvalue weighted by atomic mass is 10.0. The molecule has 136 valence electrons. The van der Waals surface area contributed by atoms with Crippen LogP contribution in [0.15, 0.2) is 24.3 Å². The van der Waals surface area contributed by atoms with E-state index in [-0.39, 0.29) is 29.8 Å². The maximum absolute atomic E-state index is 13.3. The van der Waals surface area contributed by atoms with Crippen LogP contribution in [-0.4, -0.2) is 55.1 Å². The van der Waals surface area contributed by atoms with E-state index in [4.69, 9.17) is 4.74 Å². The molecule has 1 aliphatic carbocycles. The van der Waals surface area contributed by atoms with E-state index in [1.807, 2.05) is 4.90 Å². The highest BCUT2D eigenvalue weighted by Gasteiger charge is 2.34. The Labute approximate surface area is 146 Å². The van der Waals surface area contributed by atoms with Gasteiger partial charge in [0.05, 0.1) is 12.7 Å². The smallest absolute Gasteiger partial charge is 0.242 e. The Bertz CT molecular complexity index is 618. The first-order chi connectivity index (χ1) is 12.0. The highest BCUT2D eigenvalue weighted by Crippen LogP contribution is 2.26.